The summed E-state index contributed by atoms with van der Waals surface area (Å²) in [5.41, 5.74) is 0. The first-order valence-electron chi connectivity index (χ1n) is 8.36. The van der Waals surface area contributed by atoms with Crippen LogP contribution >= 0.6 is 0 Å². The highest BCUT2D eigenvalue weighted by molar-refractivity contribution is 5.67. The van der Waals surface area contributed by atoms with Crippen LogP contribution in [-0.4, -0.2) is 35.7 Å². The molecule has 2 atom stereocenters. The molecule has 21 heavy (non-hydrogen) atoms. The number of ether oxygens (including phenoxy) is 1. The van der Waals surface area contributed by atoms with E-state index in [4.69, 9.17) is 9.84 Å². The van der Waals surface area contributed by atoms with E-state index in [9.17, 15) is 9.90 Å². The summed E-state index contributed by atoms with van der Waals surface area (Å²) in [6.07, 6.45) is 7.83. The second kappa shape index (κ2) is 14.1. The van der Waals surface area contributed by atoms with Crippen molar-refractivity contribution < 1.29 is 19.7 Å². The van der Waals surface area contributed by atoms with Crippen LogP contribution in [0.3, 0.4) is 0 Å². The zero-order valence-corrected chi connectivity index (χ0v) is 13.6. The zero-order valence-electron chi connectivity index (χ0n) is 13.6. The molecule has 0 fully saturated rings. The molecule has 0 aromatic rings. The van der Waals surface area contributed by atoms with Crippen molar-refractivity contribution in [3.63, 3.8) is 0 Å². The standard InChI is InChI=1S/C16H33NO4/c1-3-5-7-8-10-14(9-6-4-2)13-21-16(20)17-15(19)11-12-18/h14-15,18-19H,3-13H2,1-2H3,(H,17,20). The summed E-state index contributed by atoms with van der Waals surface area (Å²) in [5, 5.41) is 20.3. The lowest BCUT2D eigenvalue weighted by atomic mass is 9.96. The van der Waals surface area contributed by atoms with Gasteiger partial charge in [-0.2, -0.15) is 0 Å². The van der Waals surface area contributed by atoms with Crippen molar-refractivity contribution in [1.29, 1.82) is 0 Å². The van der Waals surface area contributed by atoms with E-state index in [0.29, 0.717) is 12.5 Å². The van der Waals surface area contributed by atoms with Gasteiger partial charge in [0.25, 0.3) is 0 Å². The van der Waals surface area contributed by atoms with Crippen molar-refractivity contribution >= 4 is 6.09 Å². The van der Waals surface area contributed by atoms with Gasteiger partial charge in [0.2, 0.25) is 0 Å². The van der Waals surface area contributed by atoms with Crippen LogP contribution in [0.15, 0.2) is 0 Å². The van der Waals surface area contributed by atoms with Crippen LogP contribution in [0.5, 0.6) is 0 Å². The van der Waals surface area contributed by atoms with Crippen molar-refractivity contribution in [2.24, 2.45) is 5.92 Å². The molecule has 2 unspecified atom stereocenters. The molecule has 0 aromatic carbocycles. The van der Waals surface area contributed by atoms with Gasteiger partial charge in [-0.1, -0.05) is 52.4 Å². The fraction of sp³-hybridized carbons (Fsp3) is 0.938. The van der Waals surface area contributed by atoms with E-state index in [-0.39, 0.29) is 13.0 Å². The summed E-state index contributed by atoms with van der Waals surface area (Å²) in [4.78, 5) is 11.5. The van der Waals surface area contributed by atoms with Gasteiger partial charge in [-0.15, -0.1) is 0 Å². The van der Waals surface area contributed by atoms with E-state index in [1.807, 2.05) is 0 Å². The molecule has 0 radical (unpaired) electrons. The lowest BCUT2D eigenvalue weighted by Crippen LogP contribution is -2.36. The van der Waals surface area contributed by atoms with Crippen molar-refractivity contribution in [3.05, 3.63) is 0 Å². The number of unbranched alkanes of at least 4 members (excludes halogenated alkanes) is 4. The third-order valence-corrected chi connectivity index (χ3v) is 3.57. The summed E-state index contributed by atoms with van der Waals surface area (Å²) in [5.74, 6) is 0.405. The largest absolute Gasteiger partial charge is 0.449 e. The van der Waals surface area contributed by atoms with E-state index in [2.05, 4.69) is 19.2 Å². The van der Waals surface area contributed by atoms with Crippen LogP contribution in [0.2, 0.25) is 0 Å². The van der Waals surface area contributed by atoms with Gasteiger partial charge in [-0.05, 0) is 18.8 Å². The number of rotatable bonds is 13. The van der Waals surface area contributed by atoms with Crippen LogP contribution in [-0.2, 0) is 4.74 Å². The van der Waals surface area contributed by atoms with Gasteiger partial charge in [0, 0.05) is 13.0 Å². The Labute approximate surface area is 129 Å². The molecule has 0 spiro atoms. The van der Waals surface area contributed by atoms with E-state index < -0.39 is 12.3 Å². The van der Waals surface area contributed by atoms with Gasteiger partial charge in [0.15, 0.2) is 0 Å². The molecule has 0 saturated carbocycles. The van der Waals surface area contributed by atoms with Crippen LogP contribution in [0.25, 0.3) is 0 Å². The average molecular weight is 303 g/mol. The second-order valence-electron chi connectivity index (χ2n) is 5.63. The Morgan fingerprint density at radius 2 is 1.71 bits per heavy atom. The van der Waals surface area contributed by atoms with Crippen LogP contribution < -0.4 is 5.32 Å². The van der Waals surface area contributed by atoms with E-state index in [1.54, 1.807) is 0 Å². The third-order valence-electron chi connectivity index (χ3n) is 3.57. The molecule has 0 aliphatic carbocycles. The molecule has 0 saturated heterocycles. The van der Waals surface area contributed by atoms with Crippen LogP contribution in [0.1, 0.15) is 71.6 Å². The van der Waals surface area contributed by atoms with Gasteiger partial charge in [-0.25, -0.2) is 4.79 Å². The van der Waals surface area contributed by atoms with E-state index in [1.165, 1.54) is 25.7 Å². The fourth-order valence-corrected chi connectivity index (χ4v) is 2.23. The third kappa shape index (κ3) is 12.6. The molecule has 5 nitrogen and oxygen atoms in total. The summed E-state index contributed by atoms with van der Waals surface area (Å²) in [6.45, 7) is 4.59. The van der Waals surface area contributed by atoms with E-state index >= 15 is 0 Å². The molecule has 1 amide bonds. The quantitative estimate of drug-likeness (QED) is 0.361. The maximum Gasteiger partial charge on any atom is 0.409 e. The number of hydrogen-bond acceptors (Lipinski definition) is 4. The number of nitrogens with one attached hydrogen (secondary N) is 1. The minimum absolute atomic E-state index is 0.116. The highest BCUT2D eigenvalue weighted by Crippen LogP contribution is 2.17. The molecule has 0 aromatic heterocycles. The van der Waals surface area contributed by atoms with Crippen molar-refractivity contribution in [2.75, 3.05) is 13.2 Å². The molecule has 5 heteroatoms. The highest BCUT2D eigenvalue weighted by Gasteiger charge is 2.13. The van der Waals surface area contributed by atoms with Crippen LogP contribution in [0, 0.1) is 5.92 Å². The number of hydrogen-bond donors (Lipinski definition) is 3. The molecule has 0 aliphatic rings. The predicted octanol–water partition coefficient (Wildman–Crippen LogP) is 3.19. The molecular formula is C16H33NO4. The SMILES string of the molecule is CCCCCCC(CCCC)COC(=O)NC(O)CCO. The monoisotopic (exact) mass is 303 g/mol. The number of carbonyl (C=O) groups excluding carboxylic acids is 1. The molecule has 0 rings (SSSR count). The van der Waals surface area contributed by atoms with Crippen molar-refractivity contribution in [2.45, 2.75) is 77.9 Å². The molecule has 0 aliphatic heterocycles. The molecule has 0 bridgehead atoms. The van der Waals surface area contributed by atoms with Gasteiger partial charge < -0.3 is 14.9 Å². The number of aliphatic hydroxyl groups excluding tert-OH is 2. The summed E-state index contributed by atoms with van der Waals surface area (Å²) in [7, 11) is 0. The molecule has 3 N–H and O–H groups in total. The van der Waals surface area contributed by atoms with Gasteiger partial charge in [-0.3, -0.25) is 5.32 Å². The molecule has 126 valence electrons. The smallest absolute Gasteiger partial charge is 0.409 e. The summed E-state index contributed by atoms with van der Waals surface area (Å²) >= 11 is 0. The van der Waals surface area contributed by atoms with Crippen molar-refractivity contribution in [3.8, 4) is 0 Å². The zero-order chi connectivity index (χ0) is 15.9. The number of aliphatic hydroxyl groups is 2. The first kappa shape index (κ1) is 20.2. The average Bonchev–Trinajstić information content (AvgIpc) is 2.45. The van der Waals surface area contributed by atoms with Gasteiger partial charge >= 0.3 is 6.09 Å². The van der Waals surface area contributed by atoms with Crippen LogP contribution in [0.4, 0.5) is 4.79 Å². The lowest BCUT2D eigenvalue weighted by Gasteiger charge is -2.18. The topological polar surface area (TPSA) is 78.8 Å². The number of carbonyl (C=O) groups is 1. The Kier molecular flexibility index (Phi) is 13.6. The Hall–Kier alpha value is -0.810. The molecular weight excluding hydrogens is 270 g/mol. The molecule has 0 heterocycles. The number of alkyl carbamates (subject to hydrolysis) is 1. The normalized spacial score (nSPS) is 13.7. The minimum atomic E-state index is -1.04. The van der Waals surface area contributed by atoms with Gasteiger partial charge in [0.1, 0.15) is 6.23 Å². The fourth-order valence-electron chi connectivity index (χ4n) is 2.23. The first-order chi connectivity index (χ1) is 10.1. The second-order valence-corrected chi connectivity index (χ2v) is 5.63. The maximum absolute atomic E-state index is 11.5. The van der Waals surface area contributed by atoms with E-state index in [0.717, 1.165) is 25.7 Å². The Morgan fingerprint density at radius 1 is 1.05 bits per heavy atom. The maximum atomic E-state index is 11.5. The van der Waals surface area contributed by atoms with Crippen molar-refractivity contribution in [1.82, 2.24) is 5.32 Å². The summed E-state index contributed by atoms with van der Waals surface area (Å²) < 4.78 is 5.18. The minimum Gasteiger partial charge on any atom is -0.449 e. The Balaban J connectivity index is 3.94. The summed E-state index contributed by atoms with van der Waals surface area (Å²) in [6, 6.07) is 0. The first-order valence-corrected chi connectivity index (χ1v) is 8.36. The highest BCUT2D eigenvalue weighted by atomic mass is 16.6. The Morgan fingerprint density at radius 3 is 2.33 bits per heavy atom. The Bertz CT molecular complexity index is 248. The lowest BCUT2D eigenvalue weighted by molar-refractivity contribution is 0.0732. The number of amides is 1. The predicted molar refractivity (Wildman–Crippen MR) is 84.0 cm³/mol. The van der Waals surface area contributed by atoms with Gasteiger partial charge in [0.05, 0.1) is 6.61 Å².